The van der Waals surface area contributed by atoms with E-state index in [2.05, 4.69) is 15.3 Å². The van der Waals surface area contributed by atoms with Crippen LogP contribution in [0.1, 0.15) is 10.4 Å². The maximum Gasteiger partial charge on any atom is 0.258 e. The number of rotatable bonds is 3. The molecule has 3 rings (SSSR count). The van der Waals surface area contributed by atoms with Crippen molar-refractivity contribution in [2.75, 3.05) is 5.32 Å². The molecule has 0 saturated heterocycles. The van der Waals surface area contributed by atoms with E-state index in [-0.39, 0.29) is 11.5 Å². The number of amides is 1. The molecule has 0 radical (unpaired) electrons. The summed E-state index contributed by atoms with van der Waals surface area (Å²) in [5, 5.41) is 5.70. The molecule has 0 aliphatic rings. The molecule has 0 spiro atoms. The number of aromatic amines is 1. The Bertz CT molecular complexity index is 850. The largest absolute Gasteiger partial charge is 0.328 e. The number of nitrogens with zero attached hydrogens (tertiary/aromatic N) is 1. The predicted molar refractivity (Wildman–Crippen MR) is 87.6 cm³/mol. The zero-order valence-electron chi connectivity index (χ0n) is 11.2. The smallest absolute Gasteiger partial charge is 0.258 e. The summed E-state index contributed by atoms with van der Waals surface area (Å²) in [4.78, 5) is 29.8. The van der Waals surface area contributed by atoms with E-state index in [4.69, 9.17) is 11.6 Å². The fraction of sp³-hybridized carbons (Fsp3) is 0. The molecule has 5 nitrogen and oxygen atoms in total. The Balaban J connectivity index is 1.76. The summed E-state index contributed by atoms with van der Waals surface area (Å²) < 4.78 is 0. The first kappa shape index (κ1) is 14.5. The molecule has 2 aromatic heterocycles. The molecule has 0 saturated carbocycles. The van der Waals surface area contributed by atoms with E-state index in [0.717, 1.165) is 11.3 Å². The highest BCUT2D eigenvalue weighted by atomic mass is 35.5. The third-order valence-electron chi connectivity index (χ3n) is 2.91. The van der Waals surface area contributed by atoms with Crippen LogP contribution < -0.4 is 10.9 Å². The van der Waals surface area contributed by atoms with E-state index in [1.54, 1.807) is 12.1 Å². The first-order chi connectivity index (χ1) is 10.6. The fourth-order valence-electron chi connectivity index (χ4n) is 1.81. The average molecular weight is 332 g/mol. The molecule has 0 aliphatic carbocycles. The summed E-state index contributed by atoms with van der Waals surface area (Å²) in [7, 11) is 0. The SMILES string of the molecule is O=C(Nc1nc(-c2ccc(Cl)cc2)cs1)c1ccc(=O)[nH]c1. The van der Waals surface area contributed by atoms with Gasteiger partial charge in [0.15, 0.2) is 5.13 Å². The highest BCUT2D eigenvalue weighted by molar-refractivity contribution is 7.14. The molecule has 7 heteroatoms. The summed E-state index contributed by atoms with van der Waals surface area (Å²) in [6.45, 7) is 0. The zero-order valence-corrected chi connectivity index (χ0v) is 12.7. The van der Waals surface area contributed by atoms with Crippen molar-refractivity contribution in [1.82, 2.24) is 9.97 Å². The van der Waals surface area contributed by atoms with Crippen molar-refractivity contribution in [3.05, 3.63) is 68.9 Å². The van der Waals surface area contributed by atoms with Crippen molar-refractivity contribution < 1.29 is 4.79 Å². The van der Waals surface area contributed by atoms with Gasteiger partial charge in [0.2, 0.25) is 5.56 Å². The summed E-state index contributed by atoms with van der Waals surface area (Å²) in [6, 6.07) is 10.1. The molecule has 1 amide bonds. The van der Waals surface area contributed by atoms with Gasteiger partial charge in [-0.1, -0.05) is 23.7 Å². The summed E-state index contributed by atoms with van der Waals surface area (Å²) in [5.74, 6) is -0.326. The maximum atomic E-state index is 12.0. The second-order valence-electron chi connectivity index (χ2n) is 4.44. The van der Waals surface area contributed by atoms with Crippen LogP contribution >= 0.6 is 22.9 Å². The molecule has 0 bridgehead atoms. The number of benzene rings is 1. The molecule has 0 unspecified atom stereocenters. The molecule has 0 atom stereocenters. The minimum atomic E-state index is -0.326. The molecule has 2 N–H and O–H groups in total. The first-order valence-electron chi connectivity index (χ1n) is 6.33. The van der Waals surface area contributed by atoms with E-state index in [1.165, 1.54) is 29.7 Å². The minimum absolute atomic E-state index is 0.254. The first-order valence-corrected chi connectivity index (χ1v) is 7.59. The minimum Gasteiger partial charge on any atom is -0.328 e. The van der Waals surface area contributed by atoms with Crippen molar-refractivity contribution >= 4 is 34.0 Å². The van der Waals surface area contributed by atoms with Gasteiger partial charge in [0.1, 0.15) is 0 Å². The van der Waals surface area contributed by atoms with Crippen molar-refractivity contribution in [2.45, 2.75) is 0 Å². The number of thiazole rings is 1. The monoisotopic (exact) mass is 331 g/mol. The molecular weight excluding hydrogens is 322 g/mol. The lowest BCUT2D eigenvalue weighted by Crippen LogP contribution is -2.14. The number of hydrogen-bond donors (Lipinski definition) is 2. The Hall–Kier alpha value is -2.44. The van der Waals surface area contributed by atoms with Gasteiger partial charge >= 0.3 is 0 Å². The van der Waals surface area contributed by atoms with Crippen LogP contribution in [0.25, 0.3) is 11.3 Å². The van der Waals surface area contributed by atoms with Gasteiger partial charge in [-0.3, -0.25) is 14.9 Å². The molecule has 22 heavy (non-hydrogen) atoms. The van der Waals surface area contributed by atoms with Gasteiger partial charge in [-0.2, -0.15) is 0 Å². The number of pyridine rings is 1. The van der Waals surface area contributed by atoms with Gasteiger partial charge in [-0.05, 0) is 18.2 Å². The Morgan fingerprint density at radius 3 is 2.64 bits per heavy atom. The van der Waals surface area contributed by atoms with Crippen molar-refractivity contribution in [1.29, 1.82) is 0 Å². The second kappa shape index (κ2) is 6.13. The number of aromatic nitrogens is 2. The van der Waals surface area contributed by atoms with Crippen molar-refractivity contribution in [3.8, 4) is 11.3 Å². The van der Waals surface area contributed by atoms with Crippen LogP contribution in [0, 0.1) is 0 Å². The lowest BCUT2D eigenvalue weighted by molar-refractivity contribution is 0.102. The van der Waals surface area contributed by atoms with E-state index in [0.29, 0.717) is 15.7 Å². The van der Waals surface area contributed by atoms with Crippen LogP contribution in [-0.2, 0) is 0 Å². The number of halogens is 1. The van der Waals surface area contributed by atoms with E-state index < -0.39 is 0 Å². The maximum absolute atomic E-state index is 12.0. The molecular formula is C15H10ClN3O2S. The standard InChI is InChI=1S/C15H10ClN3O2S/c16-11-4-1-9(2-5-11)12-8-22-15(18-12)19-14(21)10-3-6-13(20)17-7-10/h1-8H,(H,17,20)(H,18,19,21). The van der Waals surface area contributed by atoms with Gasteiger partial charge in [0, 0.05) is 28.2 Å². The third kappa shape index (κ3) is 3.24. The van der Waals surface area contributed by atoms with Crippen LogP contribution in [0.5, 0.6) is 0 Å². The summed E-state index contributed by atoms with van der Waals surface area (Å²) in [6.07, 6.45) is 1.37. The fourth-order valence-corrected chi connectivity index (χ4v) is 2.65. The highest BCUT2D eigenvalue weighted by Crippen LogP contribution is 2.26. The Morgan fingerprint density at radius 2 is 1.95 bits per heavy atom. The Labute approximate surface area is 134 Å². The summed E-state index contributed by atoms with van der Waals surface area (Å²) >= 11 is 7.18. The van der Waals surface area contributed by atoms with Gasteiger partial charge in [-0.15, -0.1) is 11.3 Å². The van der Waals surface area contributed by atoms with E-state index in [9.17, 15) is 9.59 Å². The van der Waals surface area contributed by atoms with Crippen LogP contribution in [-0.4, -0.2) is 15.9 Å². The van der Waals surface area contributed by atoms with Crippen LogP contribution in [0.15, 0.2) is 52.8 Å². The lowest BCUT2D eigenvalue weighted by atomic mass is 10.2. The van der Waals surface area contributed by atoms with Gasteiger partial charge < -0.3 is 4.98 Å². The quantitative estimate of drug-likeness (QED) is 0.772. The molecule has 3 aromatic rings. The number of nitrogens with one attached hydrogen (secondary N) is 2. The molecule has 1 aromatic carbocycles. The molecule has 110 valence electrons. The Kier molecular flexibility index (Phi) is 4.04. The number of carbonyl (C=O) groups excluding carboxylic acids is 1. The number of carbonyl (C=O) groups is 1. The molecule has 0 fully saturated rings. The number of hydrogen-bond acceptors (Lipinski definition) is 4. The highest BCUT2D eigenvalue weighted by Gasteiger charge is 2.10. The number of H-pyrrole nitrogens is 1. The van der Waals surface area contributed by atoms with Crippen molar-refractivity contribution in [3.63, 3.8) is 0 Å². The van der Waals surface area contributed by atoms with Gasteiger partial charge in [-0.25, -0.2) is 4.98 Å². The average Bonchev–Trinajstić information content (AvgIpc) is 2.97. The number of anilines is 1. The Morgan fingerprint density at radius 1 is 1.18 bits per heavy atom. The zero-order chi connectivity index (χ0) is 15.5. The second-order valence-corrected chi connectivity index (χ2v) is 5.74. The van der Waals surface area contributed by atoms with Crippen LogP contribution in [0.2, 0.25) is 5.02 Å². The topological polar surface area (TPSA) is 74.8 Å². The van der Waals surface area contributed by atoms with Crippen LogP contribution in [0.4, 0.5) is 5.13 Å². The van der Waals surface area contributed by atoms with E-state index in [1.807, 2.05) is 17.5 Å². The van der Waals surface area contributed by atoms with Gasteiger partial charge in [0.05, 0.1) is 11.3 Å². The van der Waals surface area contributed by atoms with E-state index >= 15 is 0 Å². The summed E-state index contributed by atoms with van der Waals surface area (Å²) in [5.41, 5.74) is 1.79. The van der Waals surface area contributed by atoms with Gasteiger partial charge in [0.25, 0.3) is 5.91 Å². The van der Waals surface area contributed by atoms with Crippen LogP contribution in [0.3, 0.4) is 0 Å². The normalized spacial score (nSPS) is 10.4. The predicted octanol–water partition coefficient (Wildman–Crippen LogP) is 3.40. The molecule has 2 heterocycles. The molecule has 0 aliphatic heterocycles. The lowest BCUT2D eigenvalue weighted by Gasteiger charge is -2.00. The third-order valence-corrected chi connectivity index (χ3v) is 3.92. The van der Waals surface area contributed by atoms with Crippen molar-refractivity contribution in [2.24, 2.45) is 0 Å².